The lowest BCUT2D eigenvalue weighted by Gasteiger charge is -2.09. The minimum Gasteiger partial charge on any atom is -0.391 e. The summed E-state index contributed by atoms with van der Waals surface area (Å²) in [6.45, 7) is 8.68. The Balaban J connectivity index is 2.83. The van der Waals surface area contributed by atoms with Gasteiger partial charge in [-0.1, -0.05) is 6.92 Å². The van der Waals surface area contributed by atoms with Crippen molar-refractivity contribution in [1.29, 1.82) is 0 Å². The van der Waals surface area contributed by atoms with Crippen LogP contribution in [0, 0.1) is 20.8 Å². The van der Waals surface area contributed by atoms with E-state index in [9.17, 15) is 5.11 Å². The van der Waals surface area contributed by atoms with Gasteiger partial charge < -0.3 is 5.11 Å². The van der Waals surface area contributed by atoms with Crippen molar-refractivity contribution in [3.63, 3.8) is 0 Å². The van der Waals surface area contributed by atoms with Crippen LogP contribution in [0.15, 0.2) is 0 Å². The fourth-order valence-electron chi connectivity index (χ4n) is 1.29. The number of aliphatic hydroxyl groups is 1. The Morgan fingerprint density at radius 1 is 1.38 bits per heavy atom. The summed E-state index contributed by atoms with van der Waals surface area (Å²) in [4.78, 5) is 0. The Morgan fingerprint density at radius 2 is 2.00 bits per heavy atom. The zero-order chi connectivity index (χ0) is 10.0. The second-order valence-corrected chi connectivity index (χ2v) is 3.54. The summed E-state index contributed by atoms with van der Waals surface area (Å²) in [6, 6.07) is 0. The molecule has 13 heavy (non-hydrogen) atoms. The topological polar surface area (TPSA) is 38.0 Å². The van der Waals surface area contributed by atoms with Crippen LogP contribution in [0.2, 0.25) is 0 Å². The zero-order valence-electron chi connectivity index (χ0n) is 8.83. The minimum atomic E-state index is -0.280. The van der Waals surface area contributed by atoms with Crippen LogP contribution in [0.1, 0.15) is 30.3 Å². The molecule has 0 aliphatic heterocycles. The van der Waals surface area contributed by atoms with E-state index in [2.05, 4.69) is 12.0 Å². The molecule has 3 heteroatoms. The molecule has 0 saturated heterocycles. The molecule has 74 valence electrons. The highest BCUT2D eigenvalue weighted by Gasteiger charge is 2.09. The van der Waals surface area contributed by atoms with E-state index in [0.29, 0.717) is 6.54 Å². The summed E-state index contributed by atoms with van der Waals surface area (Å²) < 4.78 is 1.89. The van der Waals surface area contributed by atoms with E-state index < -0.39 is 0 Å². The maximum absolute atomic E-state index is 9.48. The number of aryl methyl sites for hydroxylation is 1. The molecule has 1 rings (SSSR count). The first-order valence-corrected chi connectivity index (χ1v) is 4.75. The second kappa shape index (κ2) is 3.92. The Labute approximate surface area is 79.4 Å². The van der Waals surface area contributed by atoms with Crippen LogP contribution in [0.3, 0.4) is 0 Å². The van der Waals surface area contributed by atoms with Gasteiger partial charge >= 0.3 is 0 Å². The minimum absolute atomic E-state index is 0.280. The van der Waals surface area contributed by atoms with Gasteiger partial charge in [0.1, 0.15) is 0 Å². The Kier molecular flexibility index (Phi) is 3.09. The van der Waals surface area contributed by atoms with Crippen LogP contribution in [0.25, 0.3) is 0 Å². The van der Waals surface area contributed by atoms with Crippen molar-refractivity contribution in [2.75, 3.05) is 0 Å². The Bertz CT molecular complexity index is 291. The van der Waals surface area contributed by atoms with Crippen LogP contribution in [0.5, 0.6) is 0 Å². The number of hydrogen-bond donors (Lipinski definition) is 1. The molecular weight excluding hydrogens is 164 g/mol. The van der Waals surface area contributed by atoms with Gasteiger partial charge in [0.15, 0.2) is 0 Å². The number of aliphatic hydroxyl groups excluding tert-OH is 1. The van der Waals surface area contributed by atoms with Gasteiger partial charge in [0, 0.05) is 5.69 Å². The molecule has 0 radical (unpaired) electrons. The van der Waals surface area contributed by atoms with Crippen molar-refractivity contribution < 1.29 is 5.11 Å². The lowest BCUT2D eigenvalue weighted by molar-refractivity contribution is 0.144. The highest BCUT2D eigenvalue weighted by atomic mass is 16.3. The van der Waals surface area contributed by atoms with Crippen molar-refractivity contribution in [2.45, 2.75) is 46.8 Å². The van der Waals surface area contributed by atoms with E-state index in [0.717, 1.165) is 17.8 Å². The van der Waals surface area contributed by atoms with Gasteiger partial charge in [-0.15, -0.1) is 0 Å². The Hall–Kier alpha value is -0.830. The molecule has 0 unspecified atom stereocenters. The molecule has 1 atom stereocenters. The van der Waals surface area contributed by atoms with Crippen LogP contribution in [-0.4, -0.2) is 21.0 Å². The van der Waals surface area contributed by atoms with Gasteiger partial charge in [-0.25, -0.2) is 0 Å². The van der Waals surface area contributed by atoms with Crippen LogP contribution in [0.4, 0.5) is 0 Å². The summed E-state index contributed by atoms with van der Waals surface area (Å²) in [5, 5.41) is 13.8. The third-order valence-corrected chi connectivity index (χ3v) is 2.60. The number of hydrogen-bond acceptors (Lipinski definition) is 2. The smallest absolute Gasteiger partial charge is 0.0733 e. The van der Waals surface area contributed by atoms with E-state index in [1.54, 1.807) is 0 Å². The molecule has 1 heterocycles. The van der Waals surface area contributed by atoms with Crippen LogP contribution < -0.4 is 0 Å². The highest BCUT2D eigenvalue weighted by Crippen LogP contribution is 2.11. The van der Waals surface area contributed by atoms with E-state index in [1.165, 1.54) is 5.56 Å². The normalized spacial score (nSPS) is 13.3. The van der Waals surface area contributed by atoms with E-state index in [1.807, 2.05) is 25.5 Å². The molecule has 0 aliphatic carbocycles. The number of rotatable bonds is 3. The van der Waals surface area contributed by atoms with Gasteiger partial charge in [0.05, 0.1) is 18.3 Å². The maximum Gasteiger partial charge on any atom is 0.0733 e. The number of nitrogens with zero attached hydrogens (tertiary/aromatic N) is 2. The zero-order valence-corrected chi connectivity index (χ0v) is 8.83. The molecule has 0 aliphatic rings. The lowest BCUT2D eigenvalue weighted by atomic mass is 10.2. The first-order chi connectivity index (χ1) is 6.06. The van der Waals surface area contributed by atoms with Gasteiger partial charge in [0.2, 0.25) is 0 Å². The molecule has 3 nitrogen and oxygen atoms in total. The second-order valence-electron chi connectivity index (χ2n) is 3.54. The molecule has 0 aromatic carbocycles. The SMILES string of the molecule is CC[C@@H](O)Cn1nc(C)c(C)c1C. The monoisotopic (exact) mass is 182 g/mol. The summed E-state index contributed by atoms with van der Waals surface area (Å²) in [6.07, 6.45) is 0.495. The molecule has 0 amide bonds. The third kappa shape index (κ3) is 2.10. The molecular formula is C10H18N2O. The van der Waals surface area contributed by atoms with Gasteiger partial charge in [-0.3, -0.25) is 4.68 Å². The quantitative estimate of drug-likeness (QED) is 0.770. The van der Waals surface area contributed by atoms with E-state index in [4.69, 9.17) is 0 Å². The molecule has 1 aromatic heterocycles. The van der Waals surface area contributed by atoms with Crippen molar-refractivity contribution in [1.82, 2.24) is 9.78 Å². The average molecular weight is 182 g/mol. The average Bonchev–Trinajstić information content (AvgIpc) is 2.34. The van der Waals surface area contributed by atoms with E-state index in [-0.39, 0.29) is 6.10 Å². The molecule has 0 fully saturated rings. The van der Waals surface area contributed by atoms with Gasteiger partial charge in [-0.05, 0) is 32.8 Å². The molecule has 0 spiro atoms. The maximum atomic E-state index is 9.48. The predicted octanol–water partition coefficient (Wildman–Crippen LogP) is 1.58. The molecule has 0 saturated carbocycles. The van der Waals surface area contributed by atoms with Gasteiger partial charge in [-0.2, -0.15) is 5.10 Å². The largest absolute Gasteiger partial charge is 0.391 e. The summed E-state index contributed by atoms with van der Waals surface area (Å²) in [5.41, 5.74) is 3.44. The van der Waals surface area contributed by atoms with Crippen molar-refractivity contribution >= 4 is 0 Å². The lowest BCUT2D eigenvalue weighted by Crippen LogP contribution is -2.16. The fraction of sp³-hybridized carbons (Fsp3) is 0.700. The molecule has 1 aromatic rings. The first kappa shape index (κ1) is 10.3. The summed E-state index contributed by atoms with van der Waals surface area (Å²) in [7, 11) is 0. The van der Waals surface area contributed by atoms with Crippen molar-refractivity contribution in [2.24, 2.45) is 0 Å². The van der Waals surface area contributed by atoms with E-state index >= 15 is 0 Å². The van der Waals surface area contributed by atoms with Crippen molar-refractivity contribution in [3.8, 4) is 0 Å². The molecule has 1 N–H and O–H groups in total. The van der Waals surface area contributed by atoms with Crippen LogP contribution in [-0.2, 0) is 6.54 Å². The summed E-state index contributed by atoms with van der Waals surface area (Å²) >= 11 is 0. The Morgan fingerprint density at radius 3 is 2.38 bits per heavy atom. The summed E-state index contributed by atoms with van der Waals surface area (Å²) in [5.74, 6) is 0. The third-order valence-electron chi connectivity index (χ3n) is 2.60. The predicted molar refractivity (Wildman–Crippen MR) is 52.7 cm³/mol. The fourth-order valence-corrected chi connectivity index (χ4v) is 1.29. The standard InChI is InChI=1S/C10H18N2O/c1-5-10(13)6-12-9(4)7(2)8(3)11-12/h10,13H,5-6H2,1-4H3/t10-/m1/s1. The molecule has 0 bridgehead atoms. The van der Waals surface area contributed by atoms with Crippen molar-refractivity contribution in [3.05, 3.63) is 17.0 Å². The van der Waals surface area contributed by atoms with Crippen LogP contribution >= 0.6 is 0 Å². The highest BCUT2D eigenvalue weighted by molar-refractivity contribution is 5.22. The van der Waals surface area contributed by atoms with Gasteiger partial charge in [0.25, 0.3) is 0 Å². The number of aromatic nitrogens is 2. The first-order valence-electron chi connectivity index (χ1n) is 4.75.